The molecule has 2 atom stereocenters. The second-order valence-electron chi connectivity index (χ2n) is 5.52. The van der Waals surface area contributed by atoms with E-state index in [1.165, 1.54) is 22.5 Å². The SMILES string of the molecule is CC1CC(C)CN(S(=O)(=O)c2ccc(C#N)c(Cl)c2)C1. The molecule has 6 heteroatoms. The van der Waals surface area contributed by atoms with Gasteiger partial charge in [-0.1, -0.05) is 25.4 Å². The van der Waals surface area contributed by atoms with Crippen molar-refractivity contribution in [1.29, 1.82) is 5.26 Å². The highest BCUT2D eigenvalue weighted by atomic mass is 35.5. The summed E-state index contributed by atoms with van der Waals surface area (Å²) in [7, 11) is -3.54. The first-order valence-electron chi connectivity index (χ1n) is 6.54. The van der Waals surface area contributed by atoms with Gasteiger partial charge in [0.1, 0.15) is 6.07 Å². The first kappa shape index (κ1) is 15.3. The topological polar surface area (TPSA) is 61.2 Å². The number of halogens is 1. The summed E-state index contributed by atoms with van der Waals surface area (Å²) in [6.07, 6.45) is 1.04. The van der Waals surface area contributed by atoms with Crippen LogP contribution in [0.4, 0.5) is 0 Å². The van der Waals surface area contributed by atoms with Crippen molar-refractivity contribution in [3.8, 4) is 6.07 Å². The number of hydrogen-bond donors (Lipinski definition) is 0. The van der Waals surface area contributed by atoms with Crippen molar-refractivity contribution in [3.05, 3.63) is 28.8 Å². The molecule has 1 aromatic rings. The molecule has 20 heavy (non-hydrogen) atoms. The number of nitrogens with zero attached hydrogens (tertiary/aromatic N) is 2. The fraction of sp³-hybridized carbons (Fsp3) is 0.500. The third-order valence-electron chi connectivity index (χ3n) is 3.53. The van der Waals surface area contributed by atoms with Gasteiger partial charge in [-0.3, -0.25) is 0 Å². The van der Waals surface area contributed by atoms with Gasteiger partial charge in [0, 0.05) is 13.1 Å². The number of piperidine rings is 1. The Balaban J connectivity index is 2.35. The maximum Gasteiger partial charge on any atom is 0.243 e. The average molecular weight is 313 g/mol. The van der Waals surface area contributed by atoms with Crippen molar-refractivity contribution in [2.24, 2.45) is 11.8 Å². The highest BCUT2D eigenvalue weighted by Gasteiger charge is 2.31. The minimum atomic E-state index is -3.54. The van der Waals surface area contributed by atoms with Gasteiger partial charge < -0.3 is 0 Å². The lowest BCUT2D eigenvalue weighted by Crippen LogP contribution is -2.42. The van der Waals surface area contributed by atoms with Crippen LogP contribution < -0.4 is 0 Å². The molecule has 2 rings (SSSR count). The molecule has 0 saturated carbocycles. The normalized spacial score (nSPS) is 24.3. The van der Waals surface area contributed by atoms with Gasteiger partial charge in [-0.15, -0.1) is 0 Å². The second kappa shape index (κ2) is 5.72. The Kier molecular flexibility index (Phi) is 4.38. The molecular weight excluding hydrogens is 296 g/mol. The van der Waals surface area contributed by atoms with Crippen LogP contribution in [0.25, 0.3) is 0 Å². The fourth-order valence-electron chi connectivity index (χ4n) is 2.70. The summed E-state index contributed by atoms with van der Waals surface area (Å²) in [6, 6.07) is 6.19. The lowest BCUT2D eigenvalue weighted by molar-refractivity contribution is 0.222. The Morgan fingerprint density at radius 2 is 1.90 bits per heavy atom. The molecule has 1 aromatic carbocycles. The minimum absolute atomic E-state index is 0.155. The summed E-state index contributed by atoms with van der Waals surface area (Å²) in [6.45, 7) is 5.18. The second-order valence-corrected chi connectivity index (χ2v) is 7.87. The monoisotopic (exact) mass is 312 g/mol. The third kappa shape index (κ3) is 2.98. The smallest absolute Gasteiger partial charge is 0.207 e. The Morgan fingerprint density at radius 3 is 2.40 bits per heavy atom. The molecule has 1 saturated heterocycles. The molecule has 0 bridgehead atoms. The molecule has 108 valence electrons. The van der Waals surface area contributed by atoms with E-state index in [4.69, 9.17) is 16.9 Å². The highest BCUT2D eigenvalue weighted by molar-refractivity contribution is 7.89. The van der Waals surface area contributed by atoms with E-state index in [1.807, 2.05) is 6.07 Å². The van der Waals surface area contributed by atoms with Crippen LogP contribution in [0.3, 0.4) is 0 Å². The summed E-state index contributed by atoms with van der Waals surface area (Å²) in [5, 5.41) is 9.01. The molecular formula is C14H17ClN2O2S. The van der Waals surface area contributed by atoms with Gasteiger partial charge >= 0.3 is 0 Å². The summed E-state index contributed by atoms with van der Waals surface area (Å²) in [5.41, 5.74) is 0.283. The van der Waals surface area contributed by atoms with E-state index in [-0.39, 0.29) is 15.5 Å². The maximum absolute atomic E-state index is 12.6. The lowest BCUT2D eigenvalue weighted by Gasteiger charge is -2.34. The van der Waals surface area contributed by atoms with Crippen molar-refractivity contribution in [2.45, 2.75) is 25.2 Å². The van der Waals surface area contributed by atoms with Crippen LogP contribution in [0.5, 0.6) is 0 Å². The quantitative estimate of drug-likeness (QED) is 0.843. The van der Waals surface area contributed by atoms with Crippen LogP contribution in [0.15, 0.2) is 23.1 Å². The van der Waals surface area contributed by atoms with E-state index in [0.717, 1.165) is 6.42 Å². The molecule has 1 fully saturated rings. The van der Waals surface area contributed by atoms with Gasteiger partial charge in [-0.25, -0.2) is 8.42 Å². The zero-order valence-corrected chi connectivity index (χ0v) is 13.1. The number of hydrogen-bond acceptors (Lipinski definition) is 3. The van der Waals surface area contributed by atoms with Crippen LogP contribution in [0.1, 0.15) is 25.8 Å². The predicted molar refractivity (Wildman–Crippen MR) is 77.9 cm³/mol. The molecule has 0 radical (unpaired) electrons. The third-order valence-corrected chi connectivity index (χ3v) is 5.67. The molecule has 0 N–H and O–H groups in total. The summed E-state index contributed by atoms with van der Waals surface area (Å²) >= 11 is 5.93. The first-order chi connectivity index (χ1) is 9.34. The molecule has 0 spiro atoms. The van der Waals surface area contributed by atoms with Gasteiger partial charge in [0.15, 0.2) is 0 Å². The van der Waals surface area contributed by atoms with Crippen LogP contribution >= 0.6 is 11.6 Å². The largest absolute Gasteiger partial charge is 0.243 e. The summed E-state index contributed by atoms with van der Waals surface area (Å²) in [4.78, 5) is 0.155. The van der Waals surface area contributed by atoms with E-state index in [2.05, 4.69) is 13.8 Å². The van der Waals surface area contributed by atoms with E-state index < -0.39 is 10.0 Å². The zero-order valence-electron chi connectivity index (χ0n) is 11.5. The van der Waals surface area contributed by atoms with Crippen molar-refractivity contribution >= 4 is 21.6 Å². The van der Waals surface area contributed by atoms with Crippen molar-refractivity contribution in [2.75, 3.05) is 13.1 Å². The average Bonchev–Trinajstić information content (AvgIpc) is 2.37. The van der Waals surface area contributed by atoms with Gasteiger partial charge in [0.2, 0.25) is 10.0 Å². The van der Waals surface area contributed by atoms with E-state index in [0.29, 0.717) is 24.9 Å². The van der Waals surface area contributed by atoms with E-state index in [1.54, 1.807) is 0 Å². The van der Waals surface area contributed by atoms with Crippen molar-refractivity contribution < 1.29 is 8.42 Å². The Morgan fingerprint density at radius 1 is 1.30 bits per heavy atom. The minimum Gasteiger partial charge on any atom is -0.207 e. The van der Waals surface area contributed by atoms with Crippen LogP contribution in [0.2, 0.25) is 5.02 Å². The summed E-state index contributed by atoms with van der Waals surface area (Å²) in [5.74, 6) is 0.699. The molecule has 1 aliphatic rings. The Bertz CT molecular complexity index is 642. The highest BCUT2D eigenvalue weighted by Crippen LogP contribution is 2.28. The molecule has 0 aliphatic carbocycles. The van der Waals surface area contributed by atoms with E-state index in [9.17, 15) is 8.42 Å². The standard InChI is InChI=1S/C14H17ClN2O2S/c1-10-5-11(2)9-17(8-10)20(18,19)13-4-3-12(7-16)14(15)6-13/h3-4,6,10-11H,5,8-9H2,1-2H3. The molecule has 1 aliphatic heterocycles. The predicted octanol–water partition coefficient (Wildman–Crippen LogP) is 2.88. The number of benzene rings is 1. The van der Waals surface area contributed by atoms with Gasteiger partial charge in [-0.2, -0.15) is 9.57 Å². The van der Waals surface area contributed by atoms with Crippen molar-refractivity contribution in [3.63, 3.8) is 0 Å². The zero-order chi connectivity index (χ0) is 14.9. The van der Waals surface area contributed by atoms with Crippen molar-refractivity contribution in [1.82, 2.24) is 4.31 Å². The number of nitriles is 1. The fourth-order valence-corrected chi connectivity index (χ4v) is 4.69. The summed E-state index contributed by atoms with van der Waals surface area (Å²) < 4.78 is 26.7. The van der Waals surface area contributed by atoms with Gasteiger partial charge in [0.05, 0.1) is 15.5 Å². The molecule has 2 unspecified atom stereocenters. The molecule has 0 amide bonds. The molecule has 1 heterocycles. The molecule has 0 aromatic heterocycles. The van der Waals surface area contributed by atoms with Crippen LogP contribution in [-0.4, -0.2) is 25.8 Å². The molecule has 4 nitrogen and oxygen atoms in total. The maximum atomic E-state index is 12.6. The number of rotatable bonds is 2. The van der Waals surface area contributed by atoms with Gasteiger partial charge in [-0.05, 0) is 36.5 Å². The Labute approximate surface area is 125 Å². The van der Waals surface area contributed by atoms with Gasteiger partial charge in [0.25, 0.3) is 0 Å². The van der Waals surface area contributed by atoms with Crippen LogP contribution in [0, 0.1) is 23.2 Å². The Hall–Kier alpha value is -1.09. The van der Waals surface area contributed by atoms with E-state index >= 15 is 0 Å². The lowest BCUT2D eigenvalue weighted by atomic mass is 9.94. The first-order valence-corrected chi connectivity index (χ1v) is 8.36. The van der Waals surface area contributed by atoms with Crippen LogP contribution in [-0.2, 0) is 10.0 Å². The number of sulfonamides is 1.